The fourth-order valence-corrected chi connectivity index (χ4v) is 2.54. The molecule has 1 aliphatic rings. The molecule has 1 saturated heterocycles. The van der Waals surface area contributed by atoms with Crippen LogP contribution in [-0.4, -0.2) is 24.3 Å². The molecule has 0 saturated carbocycles. The molecule has 2 rings (SSSR count). The van der Waals surface area contributed by atoms with Gasteiger partial charge in [-0.05, 0) is 36.3 Å². The molecule has 1 N–H and O–H groups in total. The van der Waals surface area contributed by atoms with Crippen molar-refractivity contribution in [3.8, 4) is 0 Å². The fraction of sp³-hybridized carbons (Fsp3) is 0.733. The van der Waals surface area contributed by atoms with Gasteiger partial charge in [0.25, 0.3) is 0 Å². The van der Waals surface area contributed by atoms with Crippen molar-refractivity contribution < 1.29 is 4.74 Å². The van der Waals surface area contributed by atoms with Crippen LogP contribution in [0.2, 0.25) is 0 Å². The van der Waals surface area contributed by atoms with Crippen molar-refractivity contribution in [3.63, 3.8) is 0 Å². The summed E-state index contributed by atoms with van der Waals surface area (Å²) in [5.74, 6) is 0. The molecule has 1 fully saturated rings. The van der Waals surface area contributed by atoms with Gasteiger partial charge in [0.05, 0.1) is 0 Å². The molecule has 0 unspecified atom stereocenters. The molecule has 102 valence electrons. The summed E-state index contributed by atoms with van der Waals surface area (Å²) < 4.78 is 7.70. The lowest BCUT2D eigenvalue weighted by molar-refractivity contribution is 0.0240. The van der Waals surface area contributed by atoms with Crippen LogP contribution in [0.3, 0.4) is 0 Å². The molecular weight excluding hydrogens is 224 g/mol. The Labute approximate surface area is 111 Å². The number of aryl methyl sites for hydroxylation is 1. The van der Waals surface area contributed by atoms with E-state index in [9.17, 15) is 0 Å². The zero-order chi connectivity index (χ0) is 12.8. The van der Waals surface area contributed by atoms with E-state index in [2.05, 4.69) is 42.2 Å². The van der Waals surface area contributed by atoms with E-state index in [1.165, 1.54) is 24.8 Å². The summed E-state index contributed by atoms with van der Waals surface area (Å²) in [6, 6.07) is 2.22. The Hall–Kier alpha value is -0.800. The van der Waals surface area contributed by atoms with Crippen LogP contribution in [-0.2, 0) is 17.8 Å². The average molecular weight is 250 g/mol. The van der Waals surface area contributed by atoms with Gasteiger partial charge in [0.15, 0.2) is 0 Å². The molecule has 2 heterocycles. The molecule has 0 aromatic carbocycles. The quantitative estimate of drug-likeness (QED) is 0.840. The number of ether oxygens (including phenoxy) is 1. The molecule has 0 atom stereocenters. The summed E-state index contributed by atoms with van der Waals surface area (Å²) in [4.78, 5) is 0. The maximum absolute atomic E-state index is 5.43. The van der Waals surface area contributed by atoms with Crippen molar-refractivity contribution in [1.29, 1.82) is 0 Å². The third kappa shape index (κ3) is 3.85. The van der Waals surface area contributed by atoms with Gasteiger partial charge in [0.2, 0.25) is 0 Å². The van der Waals surface area contributed by atoms with Crippen molar-refractivity contribution in [3.05, 3.63) is 24.0 Å². The largest absolute Gasteiger partial charge is 0.381 e. The lowest BCUT2D eigenvalue weighted by Crippen LogP contribution is -2.36. The van der Waals surface area contributed by atoms with Gasteiger partial charge in [-0.25, -0.2) is 0 Å². The van der Waals surface area contributed by atoms with Crippen LogP contribution in [0.25, 0.3) is 0 Å². The Morgan fingerprint density at radius 1 is 1.39 bits per heavy atom. The maximum Gasteiger partial charge on any atom is 0.0471 e. The topological polar surface area (TPSA) is 26.2 Å². The van der Waals surface area contributed by atoms with E-state index in [1.807, 2.05) is 0 Å². The lowest BCUT2D eigenvalue weighted by atomic mass is 9.82. The third-order valence-corrected chi connectivity index (χ3v) is 3.87. The zero-order valence-corrected chi connectivity index (χ0v) is 11.7. The van der Waals surface area contributed by atoms with Gasteiger partial charge in [-0.1, -0.05) is 13.8 Å². The summed E-state index contributed by atoms with van der Waals surface area (Å²) in [5.41, 5.74) is 1.81. The highest BCUT2D eigenvalue weighted by molar-refractivity contribution is 5.09. The number of aromatic nitrogens is 1. The molecule has 0 bridgehead atoms. The highest BCUT2D eigenvalue weighted by Crippen LogP contribution is 2.28. The van der Waals surface area contributed by atoms with Crippen molar-refractivity contribution in [2.75, 3.05) is 19.8 Å². The van der Waals surface area contributed by atoms with E-state index >= 15 is 0 Å². The predicted octanol–water partition coefficient (Wildman–Crippen LogP) is 2.80. The Morgan fingerprint density at radius 2 is 2.17 bits per heavy atom. The fourth-order valence-electron chi connectivity index (χ4n) is 2.54. The summed E-state index contributed by atoms with van der Waals surface area (Å²) in [6.07, 6.45) is 7.98. The van der Waals surface area contributed by atoms with E-state index in [1.54, 1.807) is 0 Å². The number of rotatable bonds is 6. The predicted molar refractivity (Wildman–Crippen MR) is 74.6 cm³/mol. The third-order valence-electron chi connectivity index (χ3n) is 3.87. The monoisotopic (exact) mass is 250 g/mol. The summed E-state index contributed by atoms with van der Waals surface area (Å²) in [7, 11) is 0. The second-order valence-corrected chi connectivity index (χ2v) is 5.78. The van der Waals surface area contributed by atoms with Crippen LogP contribution in [0.1, 0.15) is 38.7 Å². The summed E-state index contributed by atoms with van der Waals surface area (Å²) in [6.45, 7) is 9.61. The van der Waals surface area contributed by atoms with Gasteiger partial charge in [0, 0.05) is 45.2 Å². The van der Waals surface area contributed by atoms with Crippen LogP contribution in [0, 0.1) is 5.41 Å². The minimum absolute atomic E-state index is 0.421. The van der Waals surface area contributed by atoms with Crippen molar-refractivity contribution in [2.24, 2.45) is 5.41 Å². The van der Waals surface area contributed by atoms with Crippen molar-refractivity contribution in [2.45, 2.75) is 46.2 Å². The Morgan fingerprint density at radius 3 is 2.89 bits per heavy atom. The molecular formula is C15H26N2O. The summed E-state index contributed by atoms with van der Waals surface area (Å²) in [5, 5.41) is 3.60. The zero-order valence-electron chi connectivity index (χ0n) is 11.7. The van der Waals surface area contributed by atoms with Crippen molar-refractivity contribution >= 4 is 0 Å². The normalized spacial score (nSPS) is 19.0. The first kappa shape index (κ1) is 13.6. The molecule has 1 aromatic rings. The van der Waals surface area contributed by atoms with Crippen LogP contribution in [0.5, 0.6) is 0 Å². The molecule has 3 nitrogen and oxygen atoms in total. The van der Waals surface area contributed by atoms with Crippen LogP contribution >= 0.6 is 0 Å². The van der Waals surface area contributed by atoms with Gasteiger partial charge in [-0.3, -0.25) is 0 Å². The smallest absolute Gasteiger partial charge is 0.0471 e. The average Bonchev–Trinajstić information content (AvgIpc) is 2.78. The first-order valence-electron chi connectivity index (χ1n) is 7.15. The lowest BCUT2D eigenvalue weighted by Gasteiger charge is -2.33. The van der Waals surface area contributed by atoms with Crippen LogP contribution in [0.4, 0.5) is 0 Å². The first-order valence-corrected chi connectivity index (χ1v) is 7.15. The first-order chi connectivity index (χ1) is 8.72. The van der Waals surface area contributed by atoms with Gasteiger partial charge in [0.1, 0.15) is 0 Å². The molecule has 1 aliphatic heterocycles. The van der Waals surface area contributed by atoms with E-state index < -0.39 is 0 Å². The second kappa shape index (κ2) is 6.39. The number of hydrogen-bond donors (Lipinski definition) is 1. The highest BCUT2D eigenvalue weighted by atomic mass is 16.5. The van der Waals surface area contributed by atoms with Gasteiger partial charge in [-0.15, -0.1) is 0 Å². The highest BCUT2D eigenvalue weighted by Gasteiger charge is 2.26. The maximum atomic E-state index is 5.43. The Kier molecular flexibility index (Phi) is 4.84. The molecule has 18 heavy (non-hydrogen) atoms. The van der Waals surface area contributed by atoms with Gasteiger partial charge >= 0.3 is 0 Å². The molecule has 3 heteroatoms. The summed E-state index contributed by atoms with van der Waals surface area (Å²) >= 11 is 0. The number of hydrogen-bond acceptors (Lipinski definition) is 2. The molecule has 1 aromatic heterocycles. The Bertz CT molecular complexity index is 353. The van der Waals surface area contributed by atoms with E-state index in [0.29, 0.717) is 5.41 Å². The van der Waals surface area contributed by atoms with E-state index in [-0.39, 0.29) is 0 Å². The van der Waals surface area contributed by atoms with Gasteiger partial charge in [-0.2, -0.15) is 0 Å². The second-order valence-electron chi connectivity index (χ2n) is 5.78. The standard InChI is InChI=1S/C15H26N2O/c1-3-7-17-8-4-14(12-17)11-16-13-15(2)5-9-18-10-6-15/h4,8,12,16H,3,5-7,9-11,13H2,1-2H3. The van der Waals surface area contributed by atoms with Crippen molar-refractivity contribution in [1.82, 2.24) is 9.88 Å². The minimum Gasteiger partial charge on any atom is -0.381 e. The van der Waals surface area contributed by atoms with E-state index in [0.717, 1.165) is 32.8 Å². The molecule has 0 spiro atoms. The van der Waals surface area contributed by atoms with Crippen LogP contribution < -0.4 is 5.32 Å². The van der Waals surface area contributed by atoms with Gasteiger partial charge < -0.3 is 14.6 Å². The molecule has 0 radical (unpaired) electrons. The molecule has 0 amide bonds. The number of nitrogens with zero attached hydrogens (tertiary/aromatic N) is 1. The van der Waals surface area contributed by atoms with E-state index in [4.69, 9.17) is 4.74 Å². The Balaban J connectivity index is 1.73. The SMILES string of the molecule is CCCn1ccc(CNCC2(C)CCOCC2)c1. The molecule has 0 aliphatic carbocycles. The number of nitrogens with one attached hydrogen (secondary N) is 1. The minimum atomic E-state index is 0.421. The van der Waals surface area contributed by atoms with Crippen LogP contribution in [0.15, 0.2) is 18.5 Å².